The summed E-state index contributed by atoms with van der Waals surface area (Å²) < 4.78 is 5.29. The molecule has 0 radical (unpaired) electrons. The number of rotatable bonds is 6. The SMILES string of the molecule is COc1cccc(C(C)NC(=O)c2cccc(CN3C(=O)C4CCCN4C(=O)c4ccccc43)c2)c1. The Bertz CT molecular complexity index is 1320. The number of ether oxygens (including phenoxy) is 1. The second-order valence-electron chi connectivity index (χ2n) is 9.27. The van der Waals surface area contributed by atoms with Crippen molar-refractivity contribution in [2.75, 3.05) is 18.6 Å². The molecule has 0 spiro atoms. The molecule has 2 unspecified atom stereocenters. The molecule has 1 N–H and O–H groups in total. The molecule has 3 aromatic rings. The van der Waals surface area contributed by atoms with Gasteiger partial charge in [-0.1, -0.05) is 36.4 Å². The van der Waals surface area contributed by atoms with Crippen LogP contribution in [-0.4, -0.2) is 42.3 Å². The summed E-state index contributed by atoms with van der Waals surface area (Å²) in [7, 11) is 1.61. The van der Waals surface area contributed by atoms with Crippen molar-refractivity contribution < 1.29 is 19.1 Å². The van der Waals surface area contributed by atoms with E-state index in [0.717, 1.165) is 23.3 Å². The quantitative estimate of drug-likeness (QED) is 0.566. The number of anilines is 1. The first kappa shape index (κ1) is 23.6. The van der Waals surface area contributed by atoms with E-state index in [1.165, 1.54) is 0 Å². The summed E-state index contributed by atoms with van der Waals surface area (Å²) >= 11 is 0. The van der Waals surface area contributed by atoms with Crippen molar-refractivity contribution in [2.24, 2.45) is 0 Å². The molecule has 3 aromatic carbocycles. The van der Waals surface area contributed by atoms with Gasteiger partial charge in [0.2, 0.25) is 5.91 Å². The Hall–Kier alpha value is -4.13. The Labute approximate surface area is 210 Å². The van der Waals surface area contributed by atoms with Gasteiger partial charge in [0.1, 0.15) is 11.8 Å². The molecule has 3 amide bonds. The van der Waals surface area contributed by atoms with Crippen LogP contribution < -0.4 is 15.0 Å². The summed E-state index contributed by atoms with van der Waals surface area (Å²) in [5.74, 6) is 0.361. The molecular weight excluding hydrogens is 454 g/mol. The third kappa shape index (κ3) is 4.44. The van der Waals surface area contributed by atoms with Crippen molar-refractivity contribution in [1.82, 2.24) is 10.2 Å². The van der Waals surface area contributed by atoms with Crippen LogP contribution in [-0.2, 0) is 11.3 Å². The maximum absolute atomic E-state index is 13.6. The Morgan fingerprint density at radius 2 is 1.86 bits per heavy atom. The van der Waals surface area contributed by atoms with Crippen LogP contribution in [0.3, 0.4) is 0 Å². The zero-order valence-corrected chi connectivity index (χ0v) is 20.4. The number of hydrogen-bond acceptors (Lipinski definition) is 4. The van der Waals surface area contributed by atoms with E-state index in [2.05, 4.69) is 5.32 Å². The monoisotopic (exact) mass is 483 g/mol. The van der Waals surface area contributed by atoms with E-state index >= 15 is 0 Å². The number of para-hydroxylation sites is 1. The molecule has 7 nitrogen and oxygen atoms in total. The lowest BCUT2D eigenvalue weighted by Gasteiger charge is -2.26. The highest BCUT2D eigenvalue weighted by molar-refractivity contribution is 6.11. The fourth-order valence-electron chi connectivity index (χ4n) is 5.04. The van der Waals surface area contributed by atoms with Gasteiger partial charge in [-0.05, 0) is 67.3 Å². The molecule has 36 heavy (non-hydrogen) atoms. The van der Waals surface area contributed by atoms with Gasteiger partial charge < -0.3 is 19.9 Å². The average molecular weight is 484 g/mol. The Balaban J connectivity index is 1.38. The van der Waals surface area contributed by atoms with Gasteiger partial charge in [0.15, 0.2) is 0 Å². The van der Waals surface area contributed by atoms with Crippen molar-refractivity contribution >= 4 is 23.4 Å². The standard InChI is InChI=1S/C29H29N3O4/c1-19(21-9-6-11-23(17-21)36-2)30-27(33)22-10-5-8-20(16-22)18-32-25-13-4-3-12-24(25)28(34)31-15-7-14-26(31)29(32)35/h3-6,8-13,16-17,19,26H,7,14-15,18H2,1-2H3,(H,30,33). The second-order valence-corrected chi connectivity index (χ2v) is 9.27. The lowest BCUT2D eigenvalue weighted by molar-refractivity contribution is -0.122. The number of methoxy groups -OCH3 is 1. The van der Waals surface area contributed by atoms with Gasteiger partial charge in [0, 0.05) is 12.1 Å². The highest BCUT2D eigenvalue weighted by Gasteiger charge is 2.41. The summed E-state index contributed by atoms with van der Waals surface area (Å²) in [5.41, 5.74) is 3.42. The molecule has 0 aliphatic carbocycles. The number of nitrogens with one attached hydrogen (secondary N) is 1. The highest BCUT2D eigenvalue weighted by atomic mass is 16.5. The molecule has 2 atom stereocenters. The molecule has 2 aliphatic heterocycles. The minimum atomic E-state index is -0.444. The first-order valence-electron chi connectivity index (χ1n) is 12.2. The summed E-state index contributed by atoms with van der Waals surface area (Å²) in [6.07, 6.45) is 1.49. The summed E-state index contributed by atoms with van der Waals surface area (Å²) in [4.78, 5) is 43.2. The first-order valence-corrected chi connectivity index (χ1v) is 12.2. The Kier molecular flexibility index (Phi) is 6.46. The van der Waals surface area contributed by atoms with Crippen LogP contribution >= 0.6 is 0 Å². The maximum atomic E-state index is 13.6. The summed E-state index contributed by atoms with van der Waals surface area (Å²) in [6.45, 7) is 2.80. The van der Waals surface area contributed by atoms with Gasteiger partial charge in [-0.25, -0.2) is 0 Å². The van der Waals surface area contributed by atoms with E-state index in [1.807, 2.05) is 67.6 Å². The normalized spacial score (nSPS) is 17.8. The first-order chi connectivity index (χ1) is 17.5. The molecule has 0 saturated carbocycles. The van der Waals surface area contributed by atoms with Crippen molar-refractivity contribution in [3.05, 3.63) is 95.1 Å². The van der Waals surface area contributed by atoms with E-state index in [9.17, 15) is 14.4 Å². The van der Waals surface area contributed by atoms with Gasteiger partial charge in [-0.3, -0.25) is 14.4 Å². The summed E-state index contributed by atoms with van der Waals surface area (Å²) in [6, 6.07) is 21.5. The number of benzene rings is 3. The van der Waals surface area contributed by atoms with Crippen LogP contribution in [0.5, 0.6) is 5.75 Å². The van der Waals surface area contributed by atoms with E-state index in [1.54, 1.807) is 29.0 Å². The number of hydrogen-bond donors (Lipinski definition) is 1. The van der Waals surface area contributed by atoms with E-state index in [0.29, 0.717) is 29.8 Å². The largest absolute Gasteiger partial charge is 0.497 e. The molecule has 1 saturated heterocycles. The molecule has 0 aromatic heterocycles. The number of carbonyl (C=O) groups excluding carboxylic acids is 3. The lowest BCUT2D eigenvalue weighted by atomic mass is 10.1. The minimum absolute atomic E-state index is 0.0766. The predicted octanol–water partition coefficient (Wildman–Crippen LogP) is 4.34. The molecule has 2 heterocycles. The molecule has 0 bridgehead atoms. The van der Waals surface area contributed by atoms with E-state index in [4.69, 9.17) is 4.74 Å². The lowest BCUT2D eigenvalue weighted by Crippen LogP contribution is -2.44. The van der Waals surface area contributed by atoms with Crippen LogP contribution in [0.15, 0.2) is 72.8 Å². The van der Waals surface area contributed by atoms with Crippen molar-refractivity contribution in [3.63, 3.8) is 0 Å². The zero-order chi connectivity index (χ0) is 25.2. The minimum Gasteiger partial charge on any atom is -0.497 e. The third-order valence-electron chi connectivity index (χ3n) is 6.96. The Morgan fingerprint density at radius 1 is 1.06 bits per heavy atom. The number of carbonyl (C=O) groups is 3. The molecular formula is C29H29N3O4. The van der Waals surface area contributed by atoms with Crippen molar-refractivity contribution in [2.45, 2.75) is 38.4 Å². The fraction of sp³-hybridized carbons (Fsp3) is 0.276. The highest BCUT2D eigenvalue weighted by Crippen LogP contribution is 2.33. The molecule has 1 fully saturated rings. The van der Waals surface area contributed by atoms with E-state index in [-0.39, 0.29) is 30.3 Å². The van der Waals surface area contributed by atoms with Crippen molar-refractivity contribution in [3.8, 4) is 5.75 Å². The van der Waals surface area contributed by atoms with Crippen LogP contribution in [0.2, 0.25) is 0 Å². The van der Waals surface area contributed by atoms with Gasteiger partial charge >= 0.3 is 0 Å². The van der Waals surface area contributed by atoms with Crippen LogP contribution in [0.1, 0.15) is 57.7 Å². The predicted molar refractivity (Wildman–Crippen MR) is 137 cm³/mol. The maximum Gasteiger partial charge on any atom is 0.256 e. The molecule has 7 heteroatoms. The topological polar surface area (TPSA) is 79.0 Å². The molecule has 184 valence electrons. The number of nitrogens with zero attached hydrogens (tertiary/aromatic N) is 2. The third-order valence-corrected chi connectivity index (χ3v) is 6.96. The van der Waals surface area contributed by atoms with Gasteiger partial charge in [0.25, 0.3) is 11.8 Å². The summed E-state index contributed by atoms with van der Waals surface area (Å²) in [5, 5.41) is 3.04. The van der Waals surface area contributed by atoms with Gasteiger partial charge in [-0.2, -0.15) is 0 Å². The Morgan fingerprint density at radius 3 is 2.69 bits per heavy atom. The number of fused-ring (bicyclic) bond motifs is 2. The number of amides is 3. The molecule has 2 aliphatic rings. The van der Waals surface area contributed by atoms with Crippen LogP contribution in [0, 0.1) is 0 Å². The van der Waals surface area contributed by atoms with Gasteiger partial charge in [-0.15, -0.1) is 0 Å². The zero-order valence-electron chi connectivity index (χ0n) is 20.4. The second kappa shape index (κ2) is 9.85. The van der Waals surface area contributed by atoms with Crippen molar-refractivity contribution in [1.29, 1.82) is 0 Å². The van der Waals surface area contributed by atoms with E-state index < -0.39 is 6.04 Å². The fourth-order valence-corrected chi connectivity index (χ4v) is 5.04. The van der Waals surface area contributed by atoms with Gasteiger partial charge in [0.05, 0.1) is 30.9 Å². The smallest absolute Gasteiger partial charge is 0.256 e. The average Bonchev–Trinajstić information content (AvgIpc) is 3.38. The van der Waals surface area contributed by atoms with Crippen LogP contribution in [0.25, 0.3) is 0 Å². The van der Waals surface area contributed by atoms with Crippen LogP contribution in [0.4, 0.5) is 5.69 Å². The molecule has 5 rings (SSSR count).